The summed E-state index contributed by atoms with van der Waals surface area (Å²) in [6, 6.07) is 1.93. The van der Waals surface area contributed by atoms with Crippen molar-refractivity contribution in [2.45, 2.75) is 19.8 Å². The third-order valence-corrected chi connectivity index (χ3v) is 2.70. The molecule has 0 unspecified atom stereocenters. The maximum absolute atomic E-state index is 8.85. The lowest BCUT2D eigenvalue weighted by Crippen LogP contribution is -2.21. The zero-order valence-electron chi connectivity index (χ0n) is 12.0. The standard InChI is InChI=1S/C13H24N4O2/c1-11-15-12(14-6-4-9-19-3)10-13(16-11)17(2)7-5-8-18/h10,18H,4-9H2,1-3H3,(H,14,15,16). The molecule has 1 heterocycles. The van der Waals surface area contributed by atoms with Crippen LogP contribution < -0.4 is 10.2 Å². The molecule has 6 nitrogen and oxygen atoms in total. The summed E-state index contributed by atoms with van der Waals surface area (Å²) in [5.74, 6) is 2.44. The summed E-state index contributed by atoms with van der Waals surface area (Å²) in [4.78, 5) is 10.8. The van der Waals surface area contributed by atoms with E-state index in [2.05, 4.69) is 15.3 Å². The average molecular weight is 268 g/mol. The van der Waals surface area contributed by atoms with Crippen LogP contribution in [0.5, 0.6) is 0 Å². The number of rotatable bonds is 9. The van der Waals surface area contributed by atoms with Crippen LogP contribution in [0.3, 0.4) is 0 Å². The predicted octanol–water partition coefficient (Wildman–Crippen LogP) is 1.05. The van der Waals surface area contributed by atoms with Crippen LogP contribution in [0.25, 0.3) is 0 Å². The number of anilines is 2. The monoisotopic (exact) mass is 268 g/mol. The van der Waals surface area contributed by atoms with E-state index < -0.39 is 0 Å². The normalized spacial score (nSPS) is 10.5. The second kappa shape index (κ2) is 8.66. The predicted molar refractivity (Wildman–Crippen MR) is 76.7 cm³/mol. The Morgan fingerprint density at radius 1 is 1.37 bits per heavy atom. The van der Waals surface area contributed by atoms with Crippen molar-refractivity contribution in [1.82, 2.24) is 9.97 Å². The van der Waals surface area contributed by atoms with E-state index in [1.807, 2.05) is 24.9 Å². The van der Waals surface area contributed by atoms with Crippen LogP contribution >= 0.6 is 0 Å². The summed E-state index contributed by atoms with van der Waals surface area (Å²) >= 11 is 0. The molecule has 1 rings (SSSR count). The van der Waals surface area contributed by atoms with E-state index >= 15 is 0 Å². The summed E-state index contributed by atoms with van der Waals surface area (Å²) in [6.45, 7) is 4.40. The lowest BCUT2D eigenvalue weighted by atomic mass is 10.4. The fourth-order valence-electron chi connectivity index (χ4n) is 1.69. The minimum absolute atomic E-state index is 0.191. The highest BCUT2D eigenvalue weighted by molar-refractivity contribution is 5.48. The third kappa shape index (κ3) is 5.85. The van der Waals surface area contributed by atoms with Crippen molar-refractivity contribution in [1.29, 1.82) is 0 Å². The van der Waals surface area contributed by atoms with Gasteiger partial charge in [0.15, 0.2) is 0 Å². The first-order chi connectivity index (χ1) is 9.17. The van der Waals surface area contributed by atoms with E-state index in [1.165, 1.54) is 0 Å². The van der Waals surface area contributed by atoms with Gasteiger partial charge in [-0.25, -0.2) is 9.97 Å². The van der Waals surface area contributed by atoms with Crippen molar-refractivity contribution in [3.63, 3.8) is 0 Å². The van der Waals surface area contributed by atoms with Crippen LogP contribution in [-0.2, 0) is 4.74 Å². The lowest BCUT2D eigenvalue weighted by Gasteiger charge is -2.18. The molecule has 0 aliphatic heterocycles. The van der Waals surface area contributed by atoms with Gasteiger partial charge >= 0.3 is 0 Å². The summed E-state index contributed by atoms with van der Waals surface area (Å²) in [7, 11) is 3.66. The van der Waals surface area contributed by atoms with E-state index in [-0.39, 0.29) is 6.61 Å². The number of hydrogen-bond acceptors (Lipinski definition) is 6. The van der Waals surface area contributed by atoms with Gasteiger partial charge in [0.2, 0.25) is 0 Å². The molecule has 1 aromatic heterocycles. The Kier molecular flexibility index (Phi) is 7.14. The van der Waals surface area contributed by atoms with Crippen LogP contribution in [0.15, 0.2) is 6.07 Å². The average Bonchev–Trinajstić information content (AvgIpc) is 2.40. The molecule has 0 saturated heterocycles. The van der Waals surface area contributed by atoms with E-state index in [0.717, 1.165) is 50.0 Å². The van der Waals surface area contributed by atoms with Crippen molar-refractivity contribution >= 4 is 11.6 Å². The molecular formula is C13H24N4O2. The molecule has 0 radical (unpaired) electrons. The number of methoxy groups -OCH3 is 1. The summed E-state index contributed by atoms with van der Waals surface area (Å²) < 4.78 is 5.01. The molecule has 108 valence electrons. The number of hydrogen-bond donors (Lipinski definition) is 2. The molecule has 1 aromatic rings. The van der Waals surface area contributed by atoms with Gasteiger partial charge < -0.3 is 20.1 Å². The SMILES string of the molecule is COCCCNc1cc(N(C)CCCO)nc(C)n1. The van der Waals surface area contributed by atoms with Gasteiger partial charge in [-0.1, -0.05) is 0 Å². The van der Waals surface area contributed by atoms with Gasteiger partial charge in [0.05, 0.1) is 0 Å². The highest BCUT2D eigenvalue weighted by Crippen LogP contribution is 2.14. The number of aliphatic hydroxyl groups excluding tert-OH is 1. The molecule has 0 bridgehead atoms. The second-order valence-electron chi connectivity index (χ2n) is 4.43. The molecule has 0 atom stereocenters. The number of aryl methyl sites for hydroxylation is 1. The smallest absolute Gasteiger partial charge is 0.134 e. The van der Waals surface area contributed by atoms with Crippen LogP contribution in [0, 0.1) is 6.92 Å². The molecule has 6 heteroatoms. The zero-order chi connectivity index (χ0) is 14.1. The van der Waals surface area contributed by atoms with Crippen LogP contribution in [0.4, 0.5) is 11.6 Å². The van der Waals surface area contributed by atoms with Gasteiger partial charge in [0, 0.05) is 46.5 Å². The first-order valence-electron chi connectivity index (χ1n) is 6.58. The minimum Gasteiger partial charge on any atom is -0.396 e. The summed E-state index contributed by atoms with van der Waals surface area (Å²) in [5.41, 5.74) is 0. The maximum atomic E-state index is 8.85. The first kappa shape index (κ1) is 15.7. The Morgan fingerprint density at radius 3 is 2.84 bits per heavy atom. The van der Waals surface area contributed by atoms with Crippen molar-refractivity contribution in [2.24, 2.45) is 0 Å². The molecule has 0 aromatic carbocycles. The van der Waals surface area contributed by atoms with Gasteiger partial charge in [-0.05, 0) is 19.8 Å². The summed E-state index contributed by atoms with van der Waals surface area (Å²) in [5, 5.41) is 12.1. The van der Waals surface area contributed by atoms with E-state index in [9.17, 15) is 0 Å². The van der Waals surface area contributed by atoms with Crippen LogP contribution in [-0.4, -0.2) is 55.5 Å². The third-order valence-electron chi connectivity index (χ3n) is 2.70. The number of ether oxygens (including phenoxy) is 1. The molecule has 19 heavy (non-hydrogen) atoms. The van der Waals surface area contributed by atoms with E-state index in [0.29, 0.717) is 0 Å². The minimum atomic E-state index is 0.191. The zero-order valence-corrected chi connectivity index (χ0v) is 12.0. The Hall–Kier alpha value is -1.40. The first-order valence-corrected chi connectivity index (χ1v) is 6.58. The summed E-state index contributed by atoms with van der Waals surface area (Å²) in [6.07, 6.45) is 1.67. The molecule has 0 spiro atoms. The van der Waals surface area contributed by atoms with E-state index in [1.54, 1.807) is 7.11 Å². The molecule has 0 aliphatic carbocycles. The van der Waals surface area contributed by atoms with Gasteiger partial charge in [0.25, 0.3) is 0 Å². The highest BCUT2D eigenvalue weighted by atomic mass is 16.5. The molecular weight excluding hydrogens is 244 g/mol. The van der Waals surface area contributed by atoms with Gasteiger partial charge in [0.1, 0.15) is 17.5 Å². The number of nitrogens with zero attached hydrogens (tertiary/aromatic N) is 3. The Balaban J connectivity index is 2.60. The molecule has 0 fully saturated rings. The van der Waals surface area contributed by atoms with Gasteiger partial charge in [-0.2, -0.15) is 0 Å². The van der Waals surface area contributed by atoms with E-state index in [4.69, 9.17) is 9.84 Å². The number of nitrogens with one attached hydrogen (secondary N) is 1. The van der Waals surface area contributed by atoms with Crippen molar-refractivity contribution in [2.75, 3.05) is 50.7 Å². The quantitative estimate of drug-likeness (QED) is 0.652. The van der Waals surface area contributed by atoms with Crippen molar-refractivity contribution in [3.8, 4) is 0 Å². The second-order valence-corrected chi connectivity index (χ2v) is 4.43. The molecule has 2 N–H and O–H groups in total. The Bertz CT molecular complexity index is 374. The molecule has 0 amide bonds. The van der Waals surface area contributed by atoms with Crippen molar-refractivity contribution in [3.05, 3.63) is 11.9 Å². The van der Waals surface area contributed by atoms with Crippen molar-refractivity contribution < 1.29 is 9.84 Å². The molecule has 0 saturated carbocycles. The fraction of sp³-hybridized carbons (Fsp3) is 0.692. The topological polar surface area (TPSA) is 70.5 Å². The number of aromatic nitrogens is 2. The Morgan fingerprint density at radius 2 is 2.16 bits per heavy atom. The van der Waals surface area contributed by atoms with Crippen LogP contribution in [0.1, 0.15) is 18.7 Å². The van der Waals surface area contributed by atoms with Gasteiger partial charge in [-0.3, -0.25) is 0 Å². The maximum Gasteiger partial charge on any atom is 0.134 e. The van der Waals surface area contributed by atoms with Gasteiger partial charge in [-0.15, -0.1) is 0 Å². The Labute approximate surface area is 114 Å². The lowest BCUT2D eigenvalue weighted by molar-refractivity contribution is 0.198. The fourth-order valence-corrected chi connectivity index (χ4v) is 1.69. The molecule has 0 aliphatic rings. The van der Waals surface area contributed by atoms with Crippen LogP contribution in [0.2, 0.25) is 0 Å². The largest absolute Gasteiger partial charge is 0.396 e. The number of aliphatic hydroxyl groups is 1. The highest BCUT2D eigenvalue weighted by Gasteiger charge is 2.06.